The lowest BCUT2D eigenvalue weighted by Crippen LogP contribution is -2.45. The molecule has 0 spiro atoms. The Morgan fingerprint density at radius 2 is 1.59 bits per heavy atom. The van der Waals surface area contributed by atoms with Gasteiger partial charge >= 0.3 is 12.2 Å². The molecule has 0 bridgehead atoms. The number of aryl methyl sites for hydroxylation is 2. The number of piperazine rings is 1. The number of carbonyl (C=O) groups excluding carboxylic acids is 1. The van der Waals surface area contributed by atoms with E-state index in [4.69, 9.17) is 11.6 Å². The molecule has 1 saturated heterocycles. The van der Waals surface area contributed by atoms with Gasteiger partial charge in [-0.25, -0.2) is 4.79 Å². The van der Waals surface area contributed by atoms with Gasteiger partial charge in [0.15, 0.2) is 0 Å². The van der Waals surface area contributed by atoms with Gasteiger partial charge in [-0.1, -0.05) is 17.7 Å². The number of likely N-dealkylation sites (N-methyl/N-ethyl adjacent to an activating group) is 1. The molecule has 2 aromatic carbocycles. The number of urea groups is 1. The van der Waals surface area contributed by atoms with Crippen LogP contribution in [-0.2, 0) is 6.18 Å². The smallest absolute Gasteiger partial charge is 0.338 e. The van der Waals surface area contributed by atoms with Crippen LogP contribution in [0.3, 0.4) is 0 Å². The zero-order valence-electron chi connectivity index (χ0n) is 20.4. The summed E-state index contributed by atoms with van der Waals surface area (Å²) in [7, 11) is 2.07. The van der Waals surface area contributed by atoms with Gasteiger partial charge in [-0.3, -0.25) is 0 Å². The van der Waals surface area contributed by atoms with Crippen LogP contribution in [-0.4, -0.2) is 59.1 Å². The third kappa shape index (κ3) is 6.77. The van der Waals surface area contributed by atoms with Crippen molar-refractivity contribution in [1.29, 1.82) is 0 Å². The fourth-order valence-electron chi connectivity index (χ4n) is 3.74. The molecule has 0 aliphatic carbocycles. The number of alkyl halides is 3. The van der Waals surface area contributed by atoms with Crippen LogP contribution in [0.15, 0.2) is 36.4 Å². The van der Waals surface area contributed by atoms with Gasteiger partial charge in [-0.15, -0.1) is 0 Å². The summed E-state index contributed by atoms with van der Waals surface area (Å²) in [6.07, 6.45) is -4.64. The van der Waals surface area contributed by atoms with E-state index in [-0.39, 0.29) is 5.69 Å². The molecule has 3 N–H and O–H groups in total. The fourth-order valence-corrected chi connectivity index (χ4v) is 3.96. The van der Waals surface area contributed by atoms with Gasteiger partial charge in [-0.05, 0) is 56.8 Å². The lowest BCUT2D eigenvalue weighted by atomic mass is 10.2. The van der Waals surface area contributed by atoms with Gasteiger partial charge < -0.3 is 25.8 Å². The quantitative estimate of drug-likeness (QED) is 0.408. The molecule has 1 aliphatic heterocycles. The summed E-state index contributed by atoms with van der Waals surface area (Å²) < 4.78 is 39.3. The maximum absolute atomic E-state index is 13.1. The third-order valence-corrected chi connectivity index (χ3v) is 6.12. The third-order valence-electron chi connectivity index (χ3n) is 5.79. The number of anilines is 5. The molecule has 1 aromatic heterocycles. The predicted molar refractivity (Wildman–Crippen MR) is 138 cm³/mol. The molecule has 3 aromatic rings. The Morgan fingerprint density at radius 3 is 2.27 bits per heavy atom. The van der Waals surface area contributed by atoms with Crippen LogP contribution in [0.1, 0.15) is 17.0 Å². The zero-order valence-corrected chi connectivity index (χ0v) is 21.2. The average molecular weight is 535 g/mol. The van der Waals surface area contributed by atoms with Crippen molar-refractivity contribution in [2.24, 2.45) is 0 Å². The molecule has 13 heteroatoms. The summed E-state index contributed by atoms with van der Waals surface area (Å²) in [6.45, 7) is 7.12. The van der Waals surface area contributed by atoms with Gasteiger partial charge in [-0.2, -0.15) is 28.1 Å². The van der Waals surface area contributed by atoms with E-state index in [1.165, 1.54) is 6.07 Å². The van der Waals surface area contributed by atoms with E-state index in [0.29, 0.717) is 29.1 Å². The van der Waals surface area contributed by atoms with Crippen molar-refractivity contribution >= 4 is 46.6 Å². The summed E-state index contributed by atoms with van der Waals surface area (Å²) in [5, 5.41) is 7.76. The highest BCUT2D eigenvalue weighted by molar-refractivity contribution is 6.31. The first-order chi connectivity index (χ1) is 17.5. The average Bonchev–Trinajstić information content (AvgIpc) is 2.82. The maximum Gasteiger partial charge on any atom is 0.417 e. The van der Waals surface area contributed by atoms with Gasteiger partial charge in [0, 0.05) is 43.2 Å². The number of carbonyl (C=O) groups is 1. The van der Waals surface area contributed by atoms with Crippen LogP contribution in [0.4, 0.5) is 46.9 Å². The Hall–Kier alpha value is -3.64. The number of hydrogen-bond donors (Lipinski definition) is 3. The number of aromatic nitrogens is 3. The molecule has 196 valence electrons. The Morgan fingerprint density at radius 1 is 0.946 bits per heavy atom. The molecule has 2 heterocycles. The molecule has 1 aliphatic rings. The molecule has 0 unspecified atom stereocenters. The van der Waals surface area contributed by atoms with Gasteiger partial charge in [0.1, 0.15) is 5.82 Å². The summed E-state index contributed by atoms with van der Waals surface area (Å²) in [5.74, 6) is 1.53. The van der Waals surface area contributed by atoms with E-state index in [2.05, 4.69) is 47.7 Å². The minimum atomic E-state index is -4.64. The van der Waals surface area contributed by atoms with Crippen molar-refractivity contribution < 1.29 is 18.0 Å². The Kier molecular flexibility index (Phi) is 7.69. The van der Waals surface area contributed by atoms with E-state index in [0.717, 1.165) is 43.9 Å². The molecule has 37 heavy (non-hydrogen) atoms. The van der Waals surface area contributed by atoms with Crippen molar-refractivity contribution in [2.45, 2.75) is 20.0 Å². The monoisotopic (exact) mass is 534 g/mol. The molecule has 0 atom stereocenters. The number of benzene rings is 2. The molecular weight excluding hydrogens is 509 g/mol. The number of nitrogens with zero attached hydrogens (tertiary/aromatic N) is 5. The molecule has 2 amide bonds. The van der Waals surface area contributed by atoms with Crippen molar-refractivity contribution in [2.75, 3.05) is 54.1 Å². The minimum absolute atomic E-state index is 0.0446. The predicted octanol–water partition coefficient (Wildman–Crippen LogP) is 5.30. The second-order valence-electron chi connectivity index (χ2n) is 8.72. The van der Waals surface area contributed by atoms with E-state index in [1.54, 1.807) is 25.1 Å². The van der Waals surface area contributed by atoms with Crippen molar-refractivity contribution in [3.8, 4) is 0 Å². The maximum atomic E-state index is 13.1. The van der Waals surface area contributed by atoms with E-state index in [1.807, 2.05) is 6.92 Å². The van der Waals surface area contributed by atoms with Crippen LogP contribution >= 0.6 is 11.6 Å². The Bertz CT molecular complexity index is 1300. The van der Waals surface area contributed by atoms with Crippen molar-refractivity contribution in [1.82, 2.24) is 19.9 Å². The number of hydrogen-bond acceptors (Lipinski definition) is 7. The largest absolute Gasteiger partial charge is 0.417 e. The molecule has 1 fully saturated rings. The second-order valence-corrected chi connectivity index (χ2v) is 9.13. The standard InChI is InChI=1S/C24H26ClF3N8O/c1-14-4-5-17(32-23(37)31-16-6-7-19(25)18(12-16)24(26,27)28)13-20(14)33-21-29-15(2)30-22(34-21)36-10-8-35(3)9-11-36/h4-7,12-13H,8-11H2,1-3H3,(H2,31,32,37)(H,29,30,33,34). The minimum Gasteiger partial charge on any atom is -0.338 e. The fraction of sp³-hybridized carbons (Fsp3) is 0.333. The molecule has 9 nitrogen and oxygen atoms in total. The summed E-state index contributed by atoms with van der Waals surface area (Å²) in [6, 6.07) is 7.60. The van der Waals surface area contributed by atoms with Crippen LogP contribution in [0.2, 0.25) is 5.02 Å². The van der Waals surface area contributed by atoms with E-state index in [9.17, 15) is 18.0 Å². The molecule has 0 radical (unpaired) electrons. The molecule has 0 saturated carbocycles. The highest BCUT2D eigenvalue weighted by Crippen LogP contribution is 2.36. The number of rotatable bonds is 5. The first-order valence-corrected chi connectivity index (χ1v) is 11.8. The lowest BCUT2D eigenvalue weighted by Gasteiger charge is -2.32. The normalized spacial score (nSPS) is 14.4. The zero-order chi connectivity index (χ0) is 26.7. The van der Waals surface area contributed by atoms with Crippen LogP contribution in [0.5, 0.6) is 0 Å². The summed E-state index contributed by atoms with van der Waals surface area (Å²) in [5.41, 5.74) is 0.867. The van der Waals surface area contributed by atoms with Gasteiger partial charge in [0.05, 0.1) is 10.6 Å². The van der Waals surface area contributed by atoms with Gasteiger partial charge in [0.25, 0.3) is 0 Å². The van der Waals surface area contributed by atoms with Crippen LogP contribution in [0.25, 0.3) is 0 Å². The van der Waals surface area contributed by atoms with Gasteiger partial charge in [0.2, 0.25) is 11.9 Å². The second kappa shape index (κ2) is 10.8. The van der Waals surface area contributed by atoms with Crippen molar-refractivity contribution in [3.63, 3.8) is 0 Å². The van der Waals surface area contributed by atoms with E-state index >= 15 is 0 Å². The Balaban J connectivity index is 1.47. The number of halogens is 4. The van der Waals surface area contributed by atoms with Crippen LogP contribution in [0, 0.1) is 13.8 Å². The number of amides is 2. The Labute approximate surface area is 217 Å². The topological polar surface area (TPSA) is 98.3 Å². The SMILES string of the molecule is Cc1nc(Nc2cc(NC(=O)Nc3ccc(Cl)c(C(F)(F)F)c3)ccc2C)nc(N2CCN(C)CC2)n1. The summed E-state index contributed by atoms with van der Waals surface area (Å²) >= 11 is 5.64. The first-order valence-electron chi connectivity index (χ1n) is 11.5. The van der Waals surface area contributed by atoms with E-state index < -0.39 is 22.8 Å². The highest BCUT2D eigenvalue weighted by Gasteiger charge is 2.33. The van der Waals surface area contributed by atoms with Crippen molar-refractivity contribution in [3.05, 3.63) is 58.4 Å². The van der Waals surface area contributed by atoms with Crippen LogP contribution < -0.4 is 20.9 Å². The number of nitrogens with one attached hydrogen (secondary N) is 3. The highest BCUT2D eigenvalue weighted by atomic mass is 35.5. The lowest BCUT2D eigenvalue weighted by molar-refractivity contribution is -0.137. The molecular formula is C24H26ClF3N8O. The first kappa shape index (κ1) is 26.4. The molecule has 4 rings (SSSR count). The summed E-state index contributed by atoms with van der Waals surface area (Å²) in [4.78, 5) is 30.3.